The minimum atomic E-state index is -0.104. The summed E-state index contributed by atoms with van der Waals surface area (Å²) in [7, 11) is 0. The molecule has 3 atom stereocenters. The zero-order valence-electron chi connectivity index (χ0n) is 16.9. The monoisotopic (exact) mass is 412 g/mol. The Morgan fingerprint density at radius 3 is 2.73 bits per heavy atom. The second kappa shape index (κ2) is 8.29. The van der Waals surface area contributed by atoms with Crippen LogP contribution in [0.2, 0.25) is 0 Å². The van der Waals surface area contributed by atoms with Crippen LogP contribution in [-0.2, 0) is 11.3 Å². The third kappa shape index (κ3) is 3.90. The average molecular weight is 412 g/mol. The number of amides is 1. The maximum Gasteiger partial charge on any atom is 0.266 e. The predicted molar refractivity (Wildman–Crippen MR) is 109 cm³/mol. The Kier molecular flexibility index (Phi) is 5.36. The highest BCUT2D eigenvalue weighted by Crippen LogP contribution is 2.29. The minimum absolute atomic E-state index is 0.104. The number of hydrazine groups is 2. The van der Waals surface area contributed by atoms with Gasteiger partial charge >= 0.3 is 0 Å². The third-order valence-electron chi connectivity index (χ3n) is 6.66. The van der Waals surface area contributed by atoms with Crippen LogP contribution in [0.1, 0.15) is 32.1 Å². The number of hydrogen-bond donors (Lipinski definition) is 3. The second-order valence-corrected chi connectivity index (χ2v) is 8.57. The van der Waals surface area contributed by atoms with E-state index in [0.717, 1.165) is 45.2 Å². The quantitative estimate of drug-likeness (QED) is 0.639. The Balaban J connectivity index is 1.17. The normalized spacial score (nSPS) is 27.2. The van der Waals surface area contributed by atoms with Gasteiger partial charge in [0.15, 0.2) is 5.82 Å². The molecular weight excluding hydrogens is 384 g/mol. The minimum Gasteiger partial charge on any atom is -0.342 e. The molecule has 2 saturated heterocycles. The molecule has 1 aliphatic carbocycles. The van der Waals surface area contributed by atoms with Gasteiger partial charge < -0.3 is 4.90 Å². The Bertz CT molecular complexity index is 935. The first-order valence-corrected chi connectivity index (χ1v) is 10.8. The van der Waals surface area contributed by atoms with E-state index in [2.05, 4.69) is 26.6 Å². The maximum atomic E-state index is 13.0. The molecule has 10 heteroatoms. The molecule has 4 heterocycles. The topological polar surface area (TPSA) is 109 Å². The number of nitrogens with one attached hydrogen (secondary N) is 3. The van der Waals surface area contributed by atoms with Gasteiger partial charge in [-0.3, -0.25) is 9.59 Å². The van der Waals surface area contributed by atoms with Crippen molar-refractivity contribution in [3.8, 4) is 5.82 Å². The predicted octanol–water partition coefficient (Wildman–Crippen LogP) is -0.183. The fourth-order valence-corrected chi connectivity index (χ4v) is 4.89. The molecule has 3 aliphatic rings. The number of carbonyl (C=O) groups excluding carboxylic acids is 1. The van der Waals surface area contributed by atoms with Crippen LogP contribution in [-0.4, -0.2) is 55.5 Å². The summed E-state index contributed by atoms with van der Waals surface area (Å²) in [6.07, 6.45) is 8.11. The van der Waals surface area contributed by atoms with Gasteiger partial charge in [0, 0.05) is 56.1 Å². The molecule has 3 fully saturated rings. The first-order valence-electron chi connectivity index (χ1n) is 10.8. The lowest BCUT2D eigenvalue weighted by Crippen LogP contribution is -2.47. The number of carbonyl (C=O) groups is 1. The number of likely N-dealkylation sites (tertiary alicyclic amines) is 1. The van der Waals surface area contributed by atoms with Crippen molar-refractivity contribution in [1.82, 2.24) is 40.8 Å². The average Bonchev–Trinajstić information content (AvgIpc) is 3.47. The Labute approximate surface area is 174 Å². The van der Waals surface area contributed by atoms with E-state index in [1.54, 1.807) is 23.0 Å². The molecule has 3 unspecified atom stereocenters. The molecule has 0 bridgehead atoms. The van der Waals surface area contributed by atoms with Crippen LogP contribution in [0.4, 0.5) is 0 Å². The van der Waals surface area contributed by atoms with E-state index in [1.165, 1.54) is 4.68 Å². The summed E-state index contributed by atoms with van der Waals surface area (Å²) in [5, 5.41) is 8.65. The number of piperidine rings is 1. The summed E-state index contributed by atoms with van der Waals surface area (Å²) in [5.74, 6) is 1.36. The van der Waals surface area contributed by atoms with Crippen molar-refractivity contribution in [2.24, 2.45) is 11.8 Å². The zero-order chi connectivity index (χ0) is 20.5. The summed E-state index contributed by atoms with van der Waals surface area (Å²) in [5.41, 5.74) is 9.32. The second-order valence-electron chi connectivity index (χ2n) is 8.57. The number of rotatable bonds is 4. The van der Waals surface area contributed by atoms with Crippen LogP contribution in [0.15, 0.2) is 35.4 Å². The van der Waals surface area contributed by atoms with Crippen molar-refractivity contribution in [2.45, 2.75) is 50.7 Å². The maximum absolute atomic E-state index is 13.0. The van der Waals surface area contributed by atoms with Crippen molar-refractivity contribution in [2.75, 3.05) is 13.1 Å². The van der Waals surface area contributed by atoms with E-state index in [9.17, 15) is 9.59 Å². The molecule has 2 aromatic rings. The number of aromatic nitrogens is 4. The summed E-state index contributed by atoms with van der Waals surface area (Å²) < 4.78 is 3.18. The van der Waals surface area contributed by atoms with E-state index in [4.69, 9.17) is 0 Å². The molecule has 1 amide bonds. The van der Waals surface area contributed by atoms with Crippen LogP contribution >= 0.6 is 0 Å². The fourth-order valence-electron chi connectivity index (χ4n) is 4.89. The molecule has 0 spiro atoms. The van der Waals surface area contributed by atoms with Gasteiger partial charge in [0.2, 0.25) is 5.91 Å². The molecule has 30 heavy (non-hydrogen) atoms. The van der Waals surface area contributed by atoms with Gasteiger partial charge in [0.05, 0.1) is 0 Å². The van der Waals surface area contributed by atoms with Gasteiger partial charge in [-0.1, -0.05) is 0 Å². The van der Waals surface area contributed by atoms with Gasteiger partial charge in [0.1, 0.15) is 0 Å². The molecule has 10 nitrogen and oxygen atoms in total. The molecule has 2 aliphatic heterocycles. The van der Waals surface area contributed by atoms with Crippen LogP contribution in [0.5, 0.6) is 0 Å². The molecule has 0 aromatic carbocycles. The Hall–Kier alpha value is -2.56. The lowest BCUT2D eigenvalue weighted by atomic mass is 9.82. The van der Waals surface area contributed by atoms with Crippen LogP contribution < -0.4 is 21.9 Å². The zero-order valence-corrected chi connectivity index (χ0v) is 16.9. The van der Waals surface area contributed by atoms with Crippen LogP contribution in [0.3, 0.4) is 0 Å². The van der Waals surface area contributed by atoms with Crippen molar-refractivity contribution in [3.05, 3.63) is 40.9 Å². The van der Waals surface area contributed by atoms with E-state index in [-0.39, 0.29) is 17.4 Å². The molecule has 160 valence electrons. The van der Waals surface area contributed by atoms with Crippen molar-refractivity contribution in [1.29, 1.82) is 0 Å². The Morgan fingerprint density at radius 1 is 1.10 bits per heavy atom. The molecule has 3 N–H and O–H groups in total. The molecule has 1 saturated carbocycles. The van der Waals surface area contributed by atoms with Gasteiger partial charge in [-0.15, -0.1) is 5.10 Å². The van der Waals surface area contributed by atoms with Crippen molar-refractivity contribution < 1.29 is 4.79 Å². The fraction of sp³-hybridized carbons (Fsp3) is 0.600. The number of fused-ring (bicyclic) bond motifs is 1. The third-order valence-corrected chi connectivity index (χ3v) is 6.66. The van der Waals surface area contributed by atoms with Crippen molar-refractivity contribution in [3.63, 3.8) is 0 Å². The summed E-state index contributed by atoms with van der Waals surface area (Å²) in [6, 6.07) is 5.80. The summed E-state index contributed by atoms with van der Waals surface area (Å²) in [4.78, 5) is 27.3. The molecule has 2 aromatic heterocycles. The molecule has 5 rings (SSSR count). The van der Waals surface area contributed by atoms with Gasteiger partial charge in [-0.05, 0) is 50.2 Å². The first-order chi connectivity index (χ1) is 14.7. The smallest absolute Gasteiger partial charge is 0.266 e. The standard InChI is InChI=1S/C20H28N8O2/c29-19-5-4-18(27-9-1-8-21-27)24-28(19)13-14-6-10-26(11-7-14)20(30)15-2-3-16-17(12-15)23-25-22-16/h1,4-5,8-9,14-17,22-23,25H,2-3,6-7,10-13H2. The van der Waals surface area contributed by atoms with Crippen LogP contribution in [0.25, 0.3) is 5.82 Å². The first kappa shape index (κ1) is 19.4. The Morgan fingerprint density at radius 2 is 1.93 bits per heavy atom. The largest absolute Gasteiger partial charge is 0.342 e. The van der Waals surface area contributed by atoms with E-state index >= 15 is 0 Å². The highest BCUT2D eigenvalue weighted by Gasteiger charge is 2.38. The summed E-state index contributed by atoms with van der Waals surface area (Å²) >= 11 is 0. The van der Waals surface area contributed by atoms with E-state index < -0.39 is 0 Å². The van der Waals surface area contributed by atoms with Gasteiger partial charge in [-0.2, -0.15) is 10.6 Å². The molecule has 0 radical (unpaired) electrons. The number of nitrogens with zero attached hydrogens (tertiary/aromatic N) is 5. The van der Waals surface area contributed by atoms with Crippen molar-refractivity contribution >= 4 is 5.91 Å². The van der Waals surface area contributed by atoms with Crippen LogP contribution in [0, 0.1) is 11.8 Å². The SMILES string of the molecule is O=C(C1CCC2NNNC2C1)N1CCC(Cn2nc(-n3cccn3)ccc2=O)CC1. The highest BCUT2D eigenvalue weighted by molar-refractivity contribution is 5.79. The van der Waals surface area contributed by atoms with Gasteiger partial charge in [0.25, 0.3) is 5.56 Å². The lowest BCUT2D eigenvalue weighted by Gasteiger charge is -2.37. The summed E-state index contributed by atoms with van der Waals surface area (Å²) in [6.45, 7) is 2.08. The lowest BCUT2D eigenvalue weighted by molar-refractivity contribution is -0.138. The van der Waals surface area contributed by atoms with E-state index in [0.29, 0.717) is 30.4 Å². The highest BCUT2D eigenvalue weighted by atomic mass is 16.2. The van der Waals surface area contributed by atoms with E-state index in [1.807, 2.05) is 17.2 Å². The van der Waals surface area contributed by atoms with Gasteiger partial charge in [-0.25, -0.2) is 20.2 Å². The number of hydrogen-bond acceptors (Lipinski definition) is 7. The molecular formula is C20H28N8O2.